The largest absolute Gasteiger partial charge is 0.419 e. The van der Waals surface area contributed by atoms with Crippen molar-refractivity contribution in [1.82, 2.24) is 10.2 Å². The third-order valence-electron chi connectivity index (χ3n) is 3.13. The maximum atomic E-state index is 8.78. The Balaban J connectivity index is 1.87. The molecule has 1 atom stereocenters. The Labute approximate surface area is 121 Å². The van der Waals surface area contributed by atoms with Crippen LogP contribution in [0, 0.1) is 11.3 Å². The lowest BCUT2D eigenvalue weighted by Gasteiger charge is -2.06. The molecule has 0 aliphatic heterocycles. The Bertz CT molecular complexity index is 772. The molecule has 21 heavy (non-hydrogen) atoms. The molecule has 2 N–H and O–H groups in total. The van der Waals surface area contributed by atoms with Crippen molar-refractivity contribution in [3.8, 4) is 17.5 Å². The summed E-state index contributed by atoms with van der Waals surface area (Å²) in [4.78, 5) is 0. The van der Waals surface area contributed by atoms with Crippen molar-refractivity contribution in [2.45, 2.75) is 6.04 Å². The first-order valence-corrected chi connectivity index (χ1v) is 6.42. The van der Waals surface area contributed by atoms with E-state index in [0.717, 1.165) is 11.1 Å². The van der Waals surface area contributed by atoms with Crippen LogP contribution < -0.4 is 5.73 Å². The van der Waals surface area contributed by atoms with Crippen molar-refractivity contribution in [3.63, 3.8) is 0 Å². The molecule has 3 rings (SSSR count). The minimum absolute atomic E-state index is 0.362. The highest BCUT2D eigenvalue weighted by molar-refractivity contribution is 5.54. The summed E-state index contributed by atoms with van der Waals surface area (Å²) in [7, 11) is 0. The SMILES string of the molecule is N#Cc1ccc(-c2nnc(C(N)c3ccccc3)o2)cc1. The maximum Gasteiger partial charge on any atom is 0.247 e. The average Bonchev–Trinajstić information content (AvgIpc) is 3.05. The van der Waals surface area contributed by atoms with E-state index < -0.39 is 6.04 Å². The molecule has 1 unspecified atom stereocenters. The third kappa shape index (κ3) is 2.66. The lowest BCUT2D eigenvalue weighted by atomic mass is 10.1. The molecule has 0 fully saturated rings. The van der Waals surface area contributed by atoms with Gasteiger partial charge in [0.1, 0.15) is 6.04 Å². The van der Waals surface area contributed by atoms with Gasteiger partial charge in [-0.1, -0.05) is 30.3 Å². The van der Waals surface area contributed by atoms with Crippen molar-refractivity contribution in [2.75, 3.05) is 0 Å². The Morgan fingerprint density at radius 2 is 1.71 bits per heavy atom. The first-order chi connectivity index (χ1) is 10.3. The lowest BCUT2D eigenvalue weighted by molar-refractivity contribution is 0.484. The monoisotopic (exact) mass is 276 g/mol. The molecule has 2 aromatic carbocycles. The van der Waals surface area contributed by atoms with Gasteiger partial charge in [-0.2, -0.15) is 5.26 Å². The van der Waals surface area contributed by atoms with Gasteiger partial charge in [-0.3, -0.25) is 0 Å². The topological polar surface area (TPSA) is 88.7 Å². The summed E-state index contributed by atoms with van der Waals surface area (Å²) in [6.07, 6.45) is 0. The van der Waals surface area contributed by atoms with E-state index in [-0.39, 0.29) is 0 Å². The molecular formula is C16H12N4O. The van der Waals surface area contributed by atoms with E-state index in [0.29, 0.717) is 17.3 Å². The number of benzene rings is 2. The third-order valence-corrected chi connectivity index (χ3v) is 3.13. The molecule has 1 aromatic heterocycles. The van der Waals surface area contributed by atoms with Crippen LogP contribution in [0.4, 0.5) is 0 Å². The number of hydrogen-bond acceptors (Lipinski definition) is 5. The molecule has 3 aromatic rings. The smallest absolute Gasteiger partial charge is 0.247 e. The number of nitrogens with two attached hydrogens (primary N) is 1. The van der Waals surface area contributed by atoms with E-state index >= 15 is 0 Å². The van der Waals surface area contributed by atoms with Gasteiger partial charge in [-0.15, -0.1) is 10.2 Å². The average molecular weight is 276 g/mol. The van der Waals surface area contributed by atoms with Crippen LogP contribution in [0.5, 0.6) is 0 Å². The molecule has 0 saturated carbocycles. The van der Waals surface area contributed by atoms with Gasteiger partial charge in [0, 0.05) is 5.56 Å². The molecule has 0 amide bonds. The minimum atomic E-state index is -0.453. The highest BCUT2D eigenvalue weighted by atomic mass is 16.4. The molecular weight excluding hydrogens is 264 g/mol. The van der Waals surface area contributed by atoms with Gasteiger partial charge in [-0.05, 0) is 29.8 Å². The zero-order valence-electron chi connectivity index (χ0n) is 11.1. The maximum absolute atomic E-state index is 8.78. The molecule has 0 aliphatic carbocycles. The van der Waals surface area contributed by atoms with E-state index in [1.54, 1.807) is 24.3 Å². The number of aromatic nitrogens is 2. The summed E-state index contributed by atoms with van der Waals surface area (Å²) in [6.45, 7) is 0. The van der Waals surface area contributed by atoms with Crippen molar-refractivity contribution < 1.29 is 4.42 Å². The van der Waals surface area contributed by atoms with Gasteiger partial charge in [-0.25, -0.2) is 0 Å². The molecule has 0 bridgehead atoms. The van der Waals surface area contributed by atoms with E-state index in [4.69, 9.17) is 15.4 Å². The number of hydrogen-bond donors (Lipinski definition) is 1. The molecule has 5 nitrogen and oxygen atoms in total. The molecule has 5 heteroatoms. The van der Waals surface area contributed by atoms with Crippen LogP contribution >= 0.6 is 0 Å². The van der Waals surface area contributed by atoms with Crippen molar-refractivity contribution in [3.05, 3.63) is 71.6 Å². The molecule has 102 valence electrons. The summed E-state index contributed by atoms with van der Waals surface area (Å²) < 4.78 is 5.63. The number of rotatable bonds is 3. The van der Waals surface area contributed by atoms with Gasteiger partial charge in [0.2, 0.25) is 11.8 Å². The van der Waals surface area contributed by atoms with Gasteiger partial charge < -0.3 is 10.2 Å². The summed E-state index contributed by atoms with van der Waals surface area (Å²) in [6, 6.07) is 18.1. The van der Waals surface area contributed by atoms with Crippen LogP contribution in [0.25, 0.3) is 11.5 Å². The van der Waals surface area contributed by atoms with Gasteiger partial charge >= 0.3 is 0 Å². The number of nitriles is 1. The van der Waals surface area contributed by atoms with Gasteiger partial charge in [0.15, 0.2) is 0 Å². The predicted molar refractivity (Wildman–Crippen MR) is 76.9 cm³/mol. The predicted octanol–water partition coefficient (Wildman–Crippen LogP) is 2.66. The van der Waals surface area contributed by atoms with Crippen molar-refractivity contribution in [2.24, 2.45) is 5.73 Å². The zero-order chi connectivity index (χ0) is 14.7. The Hall–Kier alpha value is -2.97. The molecule has 0 radical (unpaired) electrons. The van der Waals surface area contributed by atoms with E-state index in [1.165, 1.54) is 0 Å². The van der Waals surface area contributed by atoms with Crippen molar-refractivity contribution >= 4 is 0 Å². The van der Waals surface area contributed by atoms with E-state index in [2.05, 4.69) is 16.3 Å². The summed E-state index contributed by atoms with van der Waals surface area (Å²) >= 11 is 0. The Kier molecular flexibility index (Phi) is 3.46. The summed E-state index contributed by atoms with van der Waals surface area (Å²) in [5.74, 6) is 0.751. The second-order valence-corrected chi connectivity index (χ2v) is 4.52. The first-order valence-electron chi connectivity index (χ1n) is 6.42. The second kappa shape index (κ2) is 5.57. The lowest BCUT2D eigenvalue weighted by Crippen LogP contribution is -2.11. The standard InChI is InChI=1S/C16H12N4O/c17-10-11-6-8-13(9-7-11)15-19-20-16(21-15)14(18)12-4-2-1-3-5-12/h1-9,14H,18H2. The molecule has 1 heterocycles. The van der Waals surface area contributed by atoms with Crippen molar-refractivity contribution in [1.29, 1.82) is 5.26 Å². The normalized spacial score (nSPS) is 11.8. The highest BCUT2D eigenvalue weighted by Crippen LogP contribution is 2.23. The Morgan fingerprint density at radius 1 is 1.00 bits per heavy atom. The zero-order valence-corrected chi connectivity index (χ0v) is 11.1. The van der Waals surface area contributed by atoms with E-state index in [9.17, 15) is 0 Å². The fraction of sp³-hybridized carbons (Fsp3) is 0.0625. The molecule has 0 spiro atoms. The quantitative estimate of drug-likeness (QED) is 0.794. The first kappa shape index (κ1) is 13.0. The van der Waals surface area contributed by atoms with Crippen LogP contribution in [-0.4, -0.2) is 10.2 Å². The van der Waals surface area contributed by atoms with Crippen LogP contribution in [0.1, 0.15) is 23.1 Å². The highest BCUT2D eigenvalue weighted by Gasteiger charge is 2.16. The fourth-order valence-electron chi connectivity index (χ4n) is 1.97. The molecule has 0 aliphatic rings. The van der Waals surface area contributed by atoms with Crippen LogP contribution in [-0.2, 0) is 0 Å². The van der Waals surface area contributed by atoms with Crippen LogP contribution in [0.2, 0.25) is 0 Å². The summed E-state index contributed by atoms with van der Waals surface area (Å²) in [5.41, 5.74) is 8.36. The van der Waals surface area contributed by atoms with Gasteiger partial charge in [0.05, 0.1) is 11.6 Å². The molecule has 0 saturated heterocycles. The second-order valence-electron chi connectivity index (χ2n) is 4.52. The fourth-order valence-corrected chi connectivity index (χ4v) is 1.97. The number of nitrogens with zero attached hydrogens (tertiary/aromatic N) is 3. The van der Waals surface area contributed by atoms with Gasteiger partial charge in [0.25, 0.3) is 0 Å². The minimum Gasteiger partial charge on any atom is -0.419 e. The Morgan fingerprint density at radius 3 is 2.38 bits per heavy atom. The van der Waals surface area contributed by atoms with E-state index in [1.807, 2.05) is 30.3 Å². The summed E-state index contributed by atoms with van der Waals surface area (Å²) in [5, 5.41) is 16.8. The van der Waals surface area contributed by atoms with Crippen LogP contribution in [0.15, 0.2) is 59.0 Å². The van der Waals surface area contributed by atoms with Crippen LogP contribution in [0.3, 0.4) is 0 Å².